The van der Waals surface area contributed by atoms with E-state index in [2.05, 4.69) is 5.32 Å². The lowest BCUT2D eigenvalue weighted by Gasteiger charge is -2.24. The van der Waals surface area contributed by atoms with Crippen LogP contribution in [-0.4, -0.2) is 52.4 Å². The van der Waals surface area contributed by atoms with E-state index in [4.69, 9.17) is 21.5 Å². The van der Waals surface area contributed by atoms with E-state index in [0.29, 0.717) is 29.7 Å². The second-order valence-electron chi connectivity index (χ2n) is 8.62. The topological polar surface area (TPSA) is 112 Å². The molecule has 0 amide bonds. The molecular formula is C22H25ClFN3O5. The van der Waals surface area contributed by atoms with Crippen molar-refractivity contribution in [2.45, 2.75) is 44.7 Å². The highest BCUT2D eigenvalue weighted by Crippen LogP contribution is 2.43. The highest BCUT2D eigenvalue weighted by atomic mass is 35.5. The van der Waals surface area contributed by atoms with Crippen LogP contribution in [0.15, 0.2) is 17.1 Å². The average Bonchev–Trinajstić information content (AvgIpc) is 3.47. The summed E-state index contributed by atoms with van der Waals surface area (Å²) in [6.07, 6.45) is 5.36. The van der Waals surface area contributed by atoms with Crippen molar-refractivity contribution in [3.63, 3.8) is 0 Å². The monoisotopic (exact) mass is 465 g/mol. The zero-order valence-corrected chi connectivity index (χ0v) is 18.4. The molecule has 0 spiro atoms. The zero-order chi connectivity index (χ0) is 23.2. The maximum atomic E-state index is 15.1. The van der Waals surface area contributed by atoms with Crippen LogP contribution < -0.4 is 15.6 Å². The number of carboxylic acid groups (broad SMARTS) is 2. The van der Waals surface area contributed by atoms with Crippen molar-refractivity contribution < 1.29 is 24.2 Å². The van der Waals surface area contributed by atoms with Gasteiger partial charge >= 0.3 is 5.97 Å². The lowest BCUT2D eigenvalue weighted by Crippen LogP contribution is -2.40. The van der Waals surface area contributed by atoms with Crippen molar-refractivity contribution in [2.24, 2.45) is 5.92 Å². The van der Waals surface area contributed by atoms with Crippen molar-refractivity contribution in [1.29, 1.82) is 0 Å². The molecule has 2 saturated heterocycles. The normalized spacial score (nSPS) is 22.3. The van der Waals surface area contributed by atoms with Gasteiger partial charge < -0.3 is 25.0 Å². The summed E-state index contributed by atoms with van der Waals surface area (Å²) in [4.78, 5) is 35.1. The molecule has 172 valence electrons. The molecule has 2 aliphatic heterocycles. The first-order chi connectivity index (χ1) is 15.2. The Bertz CT molecular complexity index is 1130. The van der Waals surface area contributed by atoms with Gasteiger partial charge in [0, 0.05) is 38.3 Å². The largest absolute Gasteiger partial charge is 0.481 e. The molecular weight excluding hydrogens is 441 g/mol. The molecule has 0 bridgehead atoms. The number of hydrogen-bond donors (Lipinski definition) is 3. The molecule has 1 aromatic carbocycles. The van der Waals surface area contributed by atoms with E-state index in [1.807, 2.05) is 4.90 Å². The fourth-order valence-corrected chi connectivity index (χ4v) is 5.15. The van der Waals surface area contributed by atoms with E-state index < -0.39 is 23.2 Å². The van der Waals surface area contributed by atoms with E-state index in [9.17, 15) is 14.7 Å². The number of aliphatic carboxylic acids is 1. The Morgan fingerprint density at radius 1 is 1.22 bits per heavy atom. The van der Waals surface area contributed by atoms with Gasteiger partial charge in [0.25, 0.3) is 5.97 Å². The minimum Gasteiger partial charge on any atom is -0.481 e. The van der Waals surface area contributed by atoms with Crippen LogP contribution in [0, 0.1) is 11.7 Å². The van der Waals surface area contributed by atoms with Gasteiger partial charge in [-0.2, -0.15) is 0 Å². The van der Waals surface area contributed by atoms with Gasteiger partial charge in [0.2, 0.25) is 5.43 Å². The summed E-state index contributed by atoms with van der Waals surface area (Å²) >= 11 is 6.70. The number of nitrogens with zero attached hydrogens (tertiary/aromatic N) is 2. The van der Waals surface area contributed by atoms with Gasteiger partial charge in [-0.25, -0.2) is 9.18 Å². The maximum Gasteiger partial charge on any atom is 0.341 e. The molecule has 10 heteroatoms. The summed E-state index contributed by atoms with van der Waals surface area (Å²) in [6.45, 7) is 3.45. The number of pyridine rings is 1. The van der Waals surface area contributed by atoms with E-state index in [-0.39, 0.29) is 22.0 Å². The lowest BCUT2D eigenvalue weighted by atomic mass is 9.94. The zero-order valence-electron chi connectivity index (χ0n) is 17.6. The molecule has 3 N–H and O–H groups in total. The minimum absolute atomic E-state index is 0.0350. The number of carboxylic acids is 2. The predicted molar refractivity (Wildman–Crippen MR) is 118 cm³/mol. The second-order valence-corrected chi connectivity index (χ2v) is 9.00. The number of aromatic carboxylic acids is 1. The number of benzene rings is 1. The van der Waals surface area contributed by atoms with Crippen molar-refractivity contribution >= 4 is 40.1 Å². The first-order valence-corrected chi connectivity index (χ1v) is 11.0. The SMILES string of the molecule is CC(=O)O.O=C(O)c1cn(C2CC2)c2c(Cl)c(N3C[C@@H]4CCCN[C@@H]4C3)c(F)cc2c1=O. The van der Waals surface area contributed by atoms with Crippen LogP contribution in [0.5, 0.6) is 0 Å². The highest BCUT2D eigenvalue weighted by Gasteiger charge is 2.37. The fourth-order valence-electron chi connectivity index (χ4n) is 4.74. The summed E-state index contributed by atoms with van der Waals surface area (Å²) in [7, 11) is 0. The summed E-state index contributed by atoms with van der Waals surface area (Å²) in [6, 6.07) is 1.58. The first kappa shape index (κ1) is 22.5. The number of anilines is 1. The molecule has 1 aliphatic carbocycles. The molecule has 0 unspecified atom stereocenters. The van der Waals surface area contributed by atoms with Gasteiger partial charge in [-0.1, -0.05) is 11.6 Å². The first-order valence-electron chi connectivity index (χ1n) is 10.7. The van der Waals surface area contributed by atoms with E-state index in [0.717, 1.165) is 45.7 Å². The quantitative estimate of drug-likeness (QED) is 0.638. The number of halogens is 2. The summed E-state index contributed by atoms with van der Waals surface area (Å²) < 4.78 is 16.9. The van der Waals surface area contributed by atoms with Crippen LogP contribution in [0.25, 0.3) is 10.9 Å². The molecule has 1 aromatic heterocycles. The average molecular weight is 466 g/mol. The third kappa shape index (κ3) is 4.19. The van der Waals surface area contributed by atoms with E-state index in [1.165, 1.54) is 12.3 Å². The molecule has 3 heterocycles. The van der Waals surface area contributed by atoms with E-state index in [1.54, 1.807) is 4.57 Å². The Morgan fingerprint density at radius 2 is 1.91 bits per heavy atom. The van der Waals surface area contributed by atoms with Gasteiger partial charge in [-0.3, -0.25) is 9.59 Å². The van der Waals surface area contributed by atoms with Gasteiger partial charge in [0.05, 0.1) is 21.6 Å². The predicted octanol–water partition coefficient (Wildman–Crippen LogP) is 3.11. The summed E-state index contributed by atoms with van der Waals surface area (Å²) in [5.41, 5.74) is -0.275. The Kier molecular flexibility index (Phi) is 6.13. The number of piperidine rings is 1. The van der Waals surface area contributed by atoms with Crippen molar-refractivity contribution in [1.82, 2.24) is 9.88 Å². The number of carbonyl (C=O) groups is 2. The number of hydrogen-bond acceptors (Lipinski definition) is 5. The Labute approximate surface area is 188 Å². The molecule has 1 saturated carbocycles. The van der Waals surface area contributed by atoms with E-state index >= 15 is 4.39 Å². The van der Waals surface area contributed by atoms with Crippen molar-refractivity contribution in [3.8, 4) is 0 Å². The highest BCUT2D eigenvalue weighted by molar-refractivity contribution is 6.38. The Hall–Kier alpha value is -2.65. The number of nitrogens with one attached hydrogen (secondary N) is 1. The molecule has 3 fully saturated rings. The second kappa shape index (κ2) is 8.71. The molecule has 3 aliphatic rings. The van der Waals surface area contributed by atoms with Crippen LogP contribution in [-0.2, 0) is 4.79 Å². The third-order valence-electron chi connectivity index (χ3n) is 6.27. The molecule has 0 radical (unpaired) electrons. The Balaban J connectivity index is 0.000000567. The molecule has 5 rings (SSSR count). The van der Waals surface area contributed by atoms with Crippen LogP contribution in [0.4, 0.5) is 10.1 Å². The maximum absolute atomic E-state index is 15.1. The third-order valence-corrected chi connectivity index (χ3v) is 6.63. The van der Waals surface area contributed by atoms with Gasteiger partial charge in [-0.05, 0) is 44.2 Å². The lowest BCUT2D eigenvalue weighted by molar-refractivity contribution is -0.134. The number of aromatic nitrogens is 1. The van der Waals surface area contributed by atoms with Gasteiger partial charge in [0.15, 0.2) is 0 Å². The summed E-state index contributed by atoms with van der Waals surface area (Å²) in [5.74, 6) is -2.25. The fraction of sp³-hybridized carbons (Fsp3) is 0.500. The number of fused-ring (bicyclic) bond motifs is 2. The molecule has 8 nitrogen and oxygen atoms in total. The van der Waals surface area contributed by atoms with Crippen LogP contribution in [0.3, 0.4) is 0 Å². The minimum atomic E-state index is -1.31. The van der Waals surface area contributed by atoms with Crippen molar-refractivity contribution in [2.75, 3.05) is 24.5 Å². The smallest absolute Gasteiger partial charge is 0.341 e. The Morgan fingerprint density at radius 3 is 2.50 bits per heavy atom. The van der Waals surface area contributed by atoms with Gasteiger partial charge in [0.1, 0.15) is 11.4 Å². The van der Waals surface area contributed by atoms with Crippen LogP contribution in [0.1, 0.15) is 49.0 Å². The van der Waals surface area contributed by atoms with Crippen LogP contribution >= 0.6 is 11.6 Å². The standard InChI is InChI=1S/C20H21ClFN3O3.C2H4O2/c21-16-17-12(19(26)13(20(27)28)8-25(17)11-3-4-11)6-14(22)18(16)24-7-10-2-1-5-23-15(10)9-24;1-2(3)4/h6,8,10-11,15,23H,1-5,7,9H2,(H,27,28);1H3,(H,3,4)/t10-,15+;/m0./s1. The van der Waals surface area contributed by atoms with Gasteiger partial charge in [-0.15, -0.1) is 0 Å². The van der Waals surface area contributed by atoms with Crippen LogP contribution in [0.2, 0.25) is 5.02 Å². The molecule has 32 heavy (non-hydrogen) atoms. The molecule has 2 aromatic rings. The number of rotatable bonds is 3. The van der Waals surface area contributed by atoms with Crippen molar-refractivity contribution in [3.05, 3.63) is 38.9 Å². The molecule has 2 atom stereocenters. The summed E-state index contributed by atoms with van der Waals surface area (Å²) in [5, 5.41) is 20.5.